The maximum absolute atomic E-state index is 14.1. The second kappa shape index (κ2) is 7.51. The van der Waals surface area contributed by atoms with Crippen molar-refractivity contribution >= 4 is 17.5 Å². The smallest absolute Gasteiger partial charge is 0.377 e. The average Bonchev–Trinajstić information content (AvgIpc) is 3.58. The minimum Gasteiger partial charge on any atom is -0.377 e. The second-order valence-corrected chi connectivity index (χ2v) is 8.45. The molecule has 0 unspecified atom stereocenters. The third-order valence-corrected chi connectivity index (χ3v) is 6.21. The lowest BCUT2D eigenvalue weighted by Crippen LogP contribution is -2.51. The van der Waals surface area contributed by atoms with Gasteiger partial charge in [-0.05, 0) is 38.3 Å². The van der Waals surface area contributed by atoms with Crippen molar-refractivity contribution in [1.82, 2.24) is 14.5 Å². The summed E-state index contributed by atoms with van der Waals surface area (Å²) in [7, 11) is 0. The number of ether oxygens (including phenoxy) is 1. The van der Waals surface area contributed by atoms with Crippen LogP contribution in [0.25, 0.3) is 0 Å². The highest BCUT2D eigenvalue weighted by molar-refractivity contribution is 5.62. The molecule has 0 N–H and O–H groups in total. The van der Waals surface area contributed by atoms with Crippen LogP contribution in [0.1, 0.15) is 37.8 Å². The third kappa shape index (κ3) is 3.77. The van der Waals surface area contributed by atoms with E-state index >= 15 is 0 Å². The predicted octanol–water partition coefficient (Wildman–Crippen LogP) is 3.21. The van der Waals surface area contributed by atoms with E-state index in [0.29, 0.717) is 37.2 Å². The molecule has 10 heteroatoms. The lowest BCUT2D eigenvalue weighted by atomic mass is 10.1. The summed E-state index contributed by atoms with van der Waals surface area (Å²) in [5.74, 6) is 0.712. The van der Waals surface area contributed by atoms with Crippen LogP contribution in [0.4, 0.5) is 30.6 Å². The van der Waals surface area contributed by atoms with Gasteiger partial charge in [-0.1, -0.05) is 0 Å². The Morgan fingerprint density at radius 3 is 2.68 bits per heavy atom. The van der Waals surface area contributed by atoms with Crippen LogP contribution in [-0.2, 0) is 11.3 Å². The van der Waals surface area contributed by atoms with E-state index in [4.69, 9.17) is 4.74 Å². The molecule has 0 spiro atoms. The van der Waals surface area contributed by atoms with E-state index < -0.39 is 12.2 Å². The lowest BCUT2D eigenvalue weighted by molar-refractivity contribution is -0.150. The van der Waals surface area contributed by atoms with E-state index in [1.807, 2.05) is 11.8 Å². The average molecular weight is 435 g/mol. The minimum absolute atomic E-state index is 0.0263. The second-order valence-electron chi connectivity index (χ2n) is 8.45. The quantitative estimate of drug-likeness (QED) is 0.738. The number of hydrogen-bond donors (Lipinski definition) is 0. The number of morpholine rings is 1. The van der Waals surface area contributed by atoms with Gasteiger partial charge in [0.25, 0.3) is 5.56 Å². The Bertz CT molecular complexity index is 1040. The number of rotatable bonds is 3. The Hall–Kier alpha value is -2.62. The Balaban J connectivity index is 1.64. The molecule has 4 heterocycles. The molecule has 31 heavy (non-hydrogen) atoms. The summed E-state index contributed by atoms with van der Waals surface area (Å²) in [5.41, 5.74) is 0.809. The fourth-order valence-corrected chi connectivity index (χ4v) is 4.40. The fourth-order valence-electron chi connectivity index (χ4n) is 4.40. The zero-order valence-electron chi connectivity index (χ0n) is 17.2. The number of anilines is 3. The SMILES string of the molecule is C[C@@H]1COCCN1c1cc(=O)n2c(n1)N(c1ccnc(C3CC3)c1)[C@H](C(F)(F)F)CC2. The number of fused-ring (bicyclic) bond motifs is 1. The first-order valence-corrected chi connectivity index (χ1v) is 10.6. The number of pyridine rings is 1. The van der Waals surface area contributed by atoms with Gasteiger partial charge in [0.2, 0.25) is 5.95 Å². The van der Waals surface area contributed by atoms with E-state index in [1.54, 1.807) is 18.3 Å². The Labute approximate surface area is 177 Å². The lowest BCUT2D eigenvalue weighted by Gasteiger charge is -2.40. The summed E-state index contributed by atoms with van der Waals surface area (Å²) < 4.78 is 49.0. The summed E-state index contributed by atoms with van der Waals surface area (Å²) in [5, 5.41) is 0. The normalized spacial score (nSPS) is 24.3. The molecular formula is C21H24F3N5O2. The van der Waals surface area contributed by atoms with Gasteiger partial charge in [-0.15, -0.1) is 0 Å². The maximum atomic E-state index is 14.1. The van der Waals surface area contributed by atoms with Crippen molar-refractivity contribution in [3.63, 3.8) is 0 Å². The van der Waals surface area contributed by atoms with Crippen LogP contribution in [0.3, 0.4) is 0 Å². The fraction of sp³-hybridized carbons (Fsp3) is 0.571. The van der Waals surface area contributed by atoms with Gasteiger partial charge in [0.15, 0.2) is 0 Å². The van der Waals surface area contributed by atoms with Crippen molar-refractivity contribution in [3.8, 4) is 0 Å². The molecule has 1 saturated heterocycles. The van der Waals surface area contributed by atoms with Gasteiger partial charge >= 0.3 is 6.18 Å². The van der Waals surface area contributed by atoms with E-state index in [9.17, 15) is 18.0 Å². The zero-order valence-corrected chi connectivity index (χ0v) is 17.2. The number of halogens is 3. The summed E-state index contributed by atoms with van der Waals surface area (Å²) in [4.78, 5) is 24.9. The molecule has 2 aliphatic heterocycles. The van der Waals surface area contributed by atoms with Crippen LogP contribution >= 0.6 is 0 Å². The summed E-state index contributed by atoms with van der Waals surface area (Å²) in [6.45, 7) is 3.40. The van der Waals surface area contributed by atoms with E-state index in [0.717, 1.165) is 18.5 Å². The van der Waals surface area contributed by atoms with E-state index in [-0.39, 0.29) is 30.5 Å². The molecule has 0 radical (unpaired) electrons. The monoisotopic (exact) mass is 435 g/mol. The minimum atomic E-state index is -4.46. The molecule has 7 nitrogen and oxygen atoms in total. The predicted molar refractivity (Wildman–Crippen MR) is 109 cm³/mol. The molecule has 166 valence electrons. The van der Waals surface area contributed by atoms with Crippen LogP contribution in [0.15, 0.2) is 29.2 Å². The van der Waals surface area contributed by atoms with Crippen LogP contribution in [0.5, 0.6) is 0 Å². The van der Waals surface area contributed by atoms with E-state index in [1.165, 1.54) is 15.5 Å². The molecule has 5 rings (SSSR count). The molecule has 2 atom stereocenters. The van der Waals surface area contributed by atoms with E-state index in [2.05, 4.69) is 9.97 Å². The van der Waals surface area contributed by atoms with Crippen molar-refractivity contribution in [2.24, 2.45) is 0 Å². The first-order chi connectivity index (χ1) is 14.8. The zero-order chi connectivity index (χ0) is 21.8. The molecule has 1 saturated carbocycles. The van der Waals surface area contributed by atoms with Gasteiger partial charge in [-0.25, -0.2) is 0 Å². The van der Waals surface area contributed by atoms with Crippen LogP contribution in [0, 0.1) is 0 Å². The Kier molecular flexibility index (Phi) is 4.91. The number of nitrogens with zero attached hydrogens (tertiary/aromatic N) is 5. The van der Waals surface area contributed by atoms with Gasteiger partial charge < -0.3 is 9.64 Å². The number of aromatic nitrogens is 3. The molecule has 0 aromatic carbocycles. The molecule has 2 aromatic heterocycles. The van der Waals surface area contributed by atoms with Crippen molar-refractivity contribution < 1.29 is 17.9 Å². The molecule has 2 aromatic rings. The molecule has 3 aliphatic rings. The first kappa shape index (κ1) is 20.3. The molecule has 0 bridgehead atoms. The standard InChI is InChI=1S/C21H24F3N5O2/c1-13-12-31-9-8-27(13)18-11-19(30)28-7-5-17(21(22,23)24)29(20(28)26-18)15-4-6-25-16(10-15)14-2-3-14/h4,6,10-11,13-14,17H,2-3,5,7-9,12H2,1H3/t13-,17+/m1/s1. The molecule has 2 fully saturated rings. The maximum Gasteiger partial charge on any atom is 0.409 e. The van der Waals surface area contributed by atoms with Crippen molar-refractivity contribution in [3.05, 3.63) is 40.4 Å². The number of alkyl halides is 3. The highest BCUT2D eigenvalue weighted by Crippen LogP contribution is 2.43. The summed E-state index contributed by atoms with van der Waals surface area (Å²) in [6, 6.07) is 2.91. The molecule has 0 amide bonds. The Morgan fingerprint density at radius 2 is 1.97 bits per heavy atom. The van der Waals surface area contributed by atoms with Gasteiger partial charge in [0.1, 0.15) is 11.9 Å². The van der Waals surface area contributed by atoms with Crippen molar-refractivity contribution in [1.29, 1.82) is 0 Å². The molecule has 1 aliphatic carbocycles. The number of hydrogen-bond acceptors (Lipinski definition) is 6. The first-order valence-electron chi connectivity index (χ1n) is 10.6. The van der Waals surface area contributed by atoms with Gasteiger partial charge in [-0.3, -0.25) is 19.2 Å². The third-order valence-electron chi connectivity index (χ3n) is 6.21. The van der Waals surface area contributed by atoms with Gasteiger partial charge in [0.05, 0.1) is 19.3 Å². The Morgan fingerprint density at radius 1 is 1.16 bits per heavy atom. The summed E-state index contributed by atoms with van der Waals surface area (Å²) >= 11 is 0. The molecular weight excluding hydrogens is 411 g/mol. The topological polar surface area (TPSA) is 63.5 Å². The van der Waals surface area contributed by atoms with Crippen LogP contribution in [-0.4, -0.2) is 52.6 Å². The largest absolute Gasteiger partial charge is 0.409 e. The highest BCUT2D eigenvalue weighted by Gasteiger charge is 2.48. The van der Waals surface area contributed by atoms with Crippen LogP contribution < -0.4 is 15.4 Å². The highest BCUT2D eigenvalue weighted by atomic mass is 19.4. The summed E-state index contributed by atoms with van der Waals surface area (Å²) in [6.07, 6.45) is -1.15. The van der Waals surface area contributed by atoms with Crippen molar-refractivity contribution in [2.45, 2.75) is 56.9 Å². The van der Waals surface area contributed by atoms with Crippen LogP contribution in [0.2, 0.25) is 0 Å². The van der Waals surface area contributed by atoms with Gasteiger partial charge in [0, 0.05) is 42.7 Å². The van der Waals surface area contributed by atoms with Gasteiger partial charge in [-0.2, -0.15) is 18.2 Å². The van der Waals surface area contributed by atoms with Crippen molar-refractivity contribution in [2.75, 3.05) is 29.6 Å².